The fraction of sp³-hybridized carbons (Fsp3) is 1.00. The molecule has 2 N–H and O–H groups in total. The van der Waals surface area contributed by atoms with Gasteiger partial charge in [0, 0.05) is 6.54 Å². The summed E-state index contributed by atoms with van der Waals surface area (Å²) < 4.78 is 0. The maximum absolute atomic E-state index is 6.00. The minimum absolute atomic E-state index is 0.741. The van der Waals surface area contributed by atoms with Crippen molar-refractivity contribution < 1.29 is 0 Å². The van der Waals surface area contributed by atoms with Gasteiger partial charge in [-0.05, 0) is 41.1 Å². The van der Waals surface area contributed by atoms with Crippen molar-refractivity contribution in [2.24, 2.45) is 11.7 Å². The molecule has 0 aromatic rings. The van der Waals surface area contributed by atoms with Gasteiger partial charge >= 0.3 is 0 Å². The summed E-state index contributed by atoms with van der Waals surface area (Å²) in [6.45, 7) is 12.7. The van der Waals surface area contributed by atoms with Crippen LogP contribution in [0.3, 0.4) is 0 Å². The lowest BCUT2D eigenvalue weighted by Crippen LogP contribution is -2.42. The van der Waals surface area contributed by atoms with Crippen molar-refractivity contribution in [2.75, 3.05) is 30.1 Å². The van der Waals surface area contributed by atoms with Crippen LogP contribution in [0.5, 0.6) is 0 Å². The van der Waals surface area contributed by atoms with Gasteiger partial charge in [0.1, 0.15) is 0 Å². The second-order valence-electron chi connectivity index (χ2n) is 6.48. The van der Waals surface area contributed by atoms with Crippen molar-refractivity contribution in [1.29, 1.82) is 0 Å². The average Bonchev–Trinajstić information content (AvgIpc) is 2.24. The number of nitrogens with two attached hydrogens (primary N) is 1. The van der Waals surface area contributed by atoms with Gasteiger partial charge in [0.2, 0.25) is 0 Å². The smallest absolute Gasteiger partial charge is 0.00116 e. The van der Waals surface area contributed by atoms with Crippen molar-refractivity contribution in [2.45, 2.75) is 52.7 Å². The molecule has 0 aromatic carbocycles. The molecule has 2 heteroatoms. The molecule has 1 unspecified atom stereocenters. The lowest BCUT2D eigenvalue weighted by molar-refractivity contribution is 0.727. The summed E-state index contributed by atoms with van der Waals surface area (Å²) >= 11 is 0. The molecule has 1 atom stereocenters. The van der Waals surface area contributed by atoms with Crippen LogP contribution in [-0.2, 0) is 0 Å². The zero-order valence-electron chi connectivity index (χ0n) is 12.4. The van der Waals surface area contributed by atoms with Gasteiger partial charge in [-0.25, -0.2) is 0 Å². The van der Waals surface area contributed by atoms with E-state index in [9.17, 15) is 0 Å². The van der Waals surface area contributed by atoms with Crippen LogP contribution in [0.2, 0.25) is 0 Å². The van der Waals surface area contributed by atoms with E-state index in [2.05, 4.69) is 40.9 Å². The lowest BCUT2D eigenvalue weighted by atomic mass is 10.3. The van der Waals surface area contributed by atoms with E-state index in [0.29, 0.717) is 0 Å². The van der Waals surface area contributed by atoms with Crippen LogP contribution in [0.4, 0.5) is 0 Å². The Kier molecular flexibility index (Phi) is 6.42. The van der Waals surface area contributed by atoms with E-state index in [4.69, 9.17) is 5.73 Å². The Morgan fingerprint density at radius 3 is 2.00 bits per heavy atom. The zero-order valence-corrected chi connectivity index (χ0v) is 13.3. The Balaban J connectivity index is 5.06. The fourth-order valence-corrected chi connectivity index (χ4v) is 9.43. The quantitative estimate of drug-likeness (QED) is 0.633. The first-order valence-corrected chi connectivity index (χ1v) is 10.3. The molecular formula is C14H35NS. The molecular weight excluding hydrogens is 214 g/mol. The number of hydrogen-bond donors (Lipinski definition) is 2. The fourth-order valence-electron chi connectivity index (χ4n) is 3.14. The van der Waals surface area contributed by atoms with E-state index in [-0.39, 0.29) is 0 Å². The Bertz CT molecular complexity index is 205. The van der Waals surface area contributed by atoms with Gasteiger partial charge < -0.3 is 5.73 Å². The van der Waals surface area contributed by atoms with Gasteiger partial charge in [-0.1, -0.05) is 41.0 Å². The highest BCUT2D eigenvalue weighted by molar-refractivity contribution is 8.49. The Morgan fingerprint density at radius 1 is 1.12 bits per heavy atom. The number of thiol groups is 1. The first kappa shape index (κ1) is 16.3. The van der Waals surface area contributed by atoms with Crippen molar-refractivity contribution in [3.05, 3.63) is 0 Å². The molecule has 0 fully saturated rings. The molecule has 0 aliphatic heterocycles. The van der Waals surface area contributed by atoms with Gasteiger partial charge in [0.05, 0.1) is 0 Å². The Hall–Kier alpha value is 0.310. The molecule has 0 spiro atoms. The largest absolute Gasteiger partial charge is 0.329 e. The van der Waals surface area contributed by atoms with E-state index in [1.54, 1.807) is 0 Å². The highest BCUT2D eigenvalue weighted by Crippen LogP contribution is 2.70. The third-order valence-corrected chi connectivity index (χ3v) is 13.1. The molecule has 0 aliphatic carbocycles. The monoisotopic (exact) mass is 249 g/mol. The number of rotatable bonds is 8. The van der Waals surface area contributed by atoms with Gasteiger partial charge in [-0.3, -0.25) is 9.16 Å². The van der Waals surface area contributed by atoms with Crippen molar-refractivity contribution >= 4 is 9.16 Å². The summed E-state index contributed by atoms with van der Waals surface area (Å²) in [6.07, 6.45) is 5.33. The first-order valence-electron chi connectivity index (χ1n) is 7.03. The van der Waals surface area contributed by atoms with Crippen molar-refractivity contribution in [1.82, 2.24) is 0 Å². The molecule has 0 amide bonds. The molecule has 0 aromatic heterocycles. The summed E-state index contributed by atoms with van der Waals surface area (Å²) in [4.78, 5) is 0. The van der Waals surface area contributed by atoms with Crippen LogP contribution in [0, 0.1) is 5.92 Å². The van der Waals surface area contributed by atoms with Crippen LogP contribution in [0.25, 0.3) is 0 Å². The second kappa shape index (κ2) is 6.30. The average molecular weight is 250 g/mol. The third kappa shape index (κ3) is 3.66. The number of unbranched alkanes of at least 4 members (excludes halogenated alkanes) is 1. The molecule has 0 radical (unpaired) electrons. The molecule has 0 heterocycles. The molecule has 0 bridgehead atoms. The van der Waals surface area contributed by atoms with Crippen molar-refractivity contribution in [3.8, 4) is 0 Å². The maximum Gasteiger partial charge on any atom is 0.00116 e. The highest BCUT2D eigenvalue weighted by atomic mass is 32.3. The summed E-state index contributed by atoms with van der Waals surface area (Å²) in [5.74, 6) is 5.08. The summed E-state index contributed by atoms with van der Waals surface area (Å²) in [7, 11) is -1.56. The van der Waals surface area contributed by atoms with Crippen LogP contribution in [0.15, 0.2) is 0 Å². The van der Waals surface area contributed by atoms with Crippen LogP contribution >= 0.6 is 9.16 Å². The van der Waals surface area contributed by atoms with E-state index in [0.717, 1.165) is 17.7 Å². The van der Waals surface area contributed by atoms with E-state index < -0.39 is 9.16 Å². The molecule has 1 nitrogen and oxygen atoms in total. The second-order valence-corrected chi connectivity index (χ2v) is 13.7. The summed E-state index contributed by atoms with van der Waals surface area (Å²) in [5, 5.41) is 0.741. The van der Waals surface area contributed by atoms with Crippen LogP contribution in [0.1, 0.15) is 47.5 Å². The molecule has 16 heavy (non-hydrogen) atoms. The topological polar surface area (TPSA) is 26.0 Å². The minimum Gasteiger partial charge on any atom is -0.329 e. The van der Waals surface area contributed by atoms with E-state index >= 15 is 0 Å². The van der Waals surface area contributed by atoms with Gasteiger partial charge in [0.15, 0.2) is 0 Å². The molecule has 102 valence electrons. The maximum atomic E-state index is 6.00. The first-order chi connectivity index (χ1) is 7.32. The lowest BCUT2D eigenvalue weighted by Gasteiger charge is -2.64. The SMILES string of the molecule is CCCC[SH](C)(CC)(CC(C)C)C(C)CN. The number of hydrogen-bond acceptors (Lipinski definition) is 1. The van der Waals surface area contributed by atoms with Gasteiger partial charge in [-0.15, -0.1) is 0 Å². The van der Waals surface area contributed by atoms with Gasteiger partial charge in [-0.2, -0.15) is 0 Å². The highest BCUT2D eigenvalue weighted by Gasteiger charge is 2.39. The molecule has 0 saturated carbocycles. The van der Waals surface area contributed by atoms with Gasteiger partial charge in [0.25, 0.3) is 0 Å². The zero-order chi connectivity index (χ0) is 12.8. The summed E-state index contributed by atoms with van der Waals surface area (Å²) in [5.41, 5.74) is 6.00. The Morgan fingerprint density at radius 2 is 1.69 bits per heavy atom. The molecule has 0 saturated heterocycles. The van der Waals surface area contributed by atoms with Crippen molar-refractivity contribution in [3.63, 3.8) is 0 Å². The molecule has 0 rings (SSSR count). The van der Waals surface area contributed by atoms with E-state index in [1.807, 2.05) is 0 Å². The van der Waals surface area contributed by atoms with Crippen LogP contribution < -0.4 is 5.73 Å². The predicted octanol–water partition coefficient (Wildman–Crippen LogP) is 3.51. The predicted molar refractivity (Wildman–Crippen MR) is 83.4 cm³/mol. The Labute approximate surface area is 104 Å². The minimum atomic E-state index is -1.56. The molecule has 0 aliphatic rings. The standard InChI is InChI=1S/C14H35NS/c1-7-9-10-16(6,8-2,12-13(3)4)14(5)11-15/h13-14,16H,7-12,15H2,1-6H3. The normalized spacial score (nSPS) is 17.1. The summed E-state index contributed by atoms with van der Waals surface area (Å²) in [6, 6.07) is 0. The third-order valence-electron chi connectivity index (χ3n) is 4.75. The van der Waals surface area contributed by atoms with E-state index in [1.165, 1.54) is 30.1 Å². The van der Waals surface area contributed by atoms with Crippen LogP contribution in [-0.4, -0.2) is 35.3 Å².